The molecule has 2 nitrogen and oxygen atoms in total. The summed E-state index contributed by atoms with van der Waals surface area (Å²) >= 11 is 5.98. The second kappa shape index (κ2) is 5.39. The van der Waals surface area contributed by atoms with Gasteiger partial charge in [0.15, 0.2) is 0 Å². The predicted molar refractivity (Wildman–Crippen MR) is 70.9 cm³/mol. The average molecular weight is 251 g/mol. The lowest BCUT2D eigenvalue weighted by Crippen LogP contribution is -1.95. The van der Waals surface area contributed by atoms with Crippen molar-refractivity contribution in [2.24, 2.45) is 0 Å². The third-order valence-corrected chi connectivity index (χ3v) is 3.04. The summed E-state index contributed by atoms with van der Waals surface area (Å²) in [7, 11) is 1.67. The molecule has 2 aromatic carbocycles. The quantitative estimate of drug-likeness (QED) is 0.901. The molecule has 0 amide bonds. The molecular weight excluding hydrogens is 236 g/mol. The molecule has 90 valence electrons. The molecular formula is C14H15ClO2. The van der Waals surface area contributed by atoms with E-state index in [2.05, 4.69) is 6.07 Å². The molecule has 3 heteroatoms. The van der Waals surface area contributed by atoms with E-state index in [1.165, 1.54) is 0 Å². The van der Waals surface area contributed by atoms with Crippen LogP contribution in [0.2, 0.25) is 5.02 Å². The highest BCUT2D eigenvalue weighted by Crippen LogP contribution is 2.28. The second-order valence-corrected chi connectivity index (χ2v) is 4.42. The Hall–Kier alpha value is -1.25. The van der Waals surface area contributed by atoms with Gasteiger partial charge in [-0.3, -0.25) is 0 Å². The van der Waals surface area contributed by atoms with Crippen LogP contribution in [0.5, 0.6) is 5.75 Å². The van der Waals surface area contributed by atoms with Gasteiger partial charge < -0.3 is 9.84 Å². The second-order valence-electron chi connectivity index (χ2n) is 3.98. The molecule has 0 aliphatic rings. The van der Waals surface area contributed by atoms with Gasteiger partial charge in [-0.25, -0.2) is 0 Å². The van der Waals surface area contributed by atoms with Crippen LogP contribution in [0.25, 0.3) is 10.8 Å². The minimum absolute atomic E-state index is 0.191. The number of benzene rings is 2. The fraction of sp³-hybridized carbons (Fsp3) is 0.286. The van der Waals surface area contributed by atoms with Crippen molar-refractivity contribution in [2.45, 2.75) is 12.8 Å². The van der Waals surface area contributed by atoms with Crippen molar-refractivity contribution in [2.75, 3.05) is 13.7 Å². The minimum atomic E-state index is 0.191. The molecule has 0 saturated heterocycles. The number of fused-ring (bicyclic) bond motifs is 1. The largest absolute Gasteiger partial charge is 0.496 e. The lowest BCUT2D eigenvalue weighted by molar-refractivity contribution is 0.288. The molecule has 2 rings (SSSR count). The Balaban J connectivity index is 2.49. The van der Waals surface area contributed by atoms with E-state index < -0.39 is 0 Å². The number of methoxy groups -OCH3 is 1. The summed E-state index contributed by atoms with van der Waals surface area (Å²) < 4.78 is 5.37. The first-order valence-electron chi connectivity index (χ1n) is 5.61. The maximum atomic E-state index is 8.89. The Bertz CT molecular complexity index is 523. The first-order valence-corrected chi connectivity index (χ1v) is 5.99. The fourth-order valence-corrected chi connectivity index (χ4v) is 2.13. The van der Waals surface area contributed by atoms with E-state index in [4.69, 9.17) is 21.4 Å². The predicted octanol–water partition coefficient (Wildman–Crippen LogP) is 3.43. The minimum Gasteiger partial charge on any atom is -0.496 e. The number of hydrogen-bond acceptors (Lipinski definition) is 2. The van der Waals surface area contributed by atoms with Gasteiger partial charge >= 0.3 is 0 Å². The number of aliphatic hydroxyl groups is 1. The zero-order valence-electron chi connectivity index (χ0n) is 9.74. The molecule has 0 saturated carbocycles. The Labute approximate surface area is 106 Å². The molecule has 0 heterocycles. The maximum absolute atomic E-state index is 8.89. The lowest BCUT2D eigenvalue weighted by atomic mass is 10.0. The smallest absolute Gasteiger partial charge is 0.122 e. The number of aryl methyl sites for hydroxylation is 1. The van der Waals surface area contributed by atoms with Crippen LogP contribution in [0.1, 0.15) is 12.0 Å². The molecule has 0 bridgehead atoms. The van der Waals surface area contributed by atoms with Gasteiger partial charge in [-0.15, -0.1) is 0 Å². The van der Waals surface area contributed by atoms with Gasteiger partial charge in [-0.2, -0.15) is 0 Å². The van der Waals surface area contributed by atoms with E-state index in [0.29, 0.717) is 0 Å². The van der Waals surface area contributed by atoms with Crippen LogP contribution in [0.15, 0.2) is 30.3 Å². The fourth-order valence-electron chi connectivity index (χ4n) is 1.95. The van der Waals surface area contributed by atoms with Crippen LogP contribution in [0.4, 0.5) is 0 Å². The molecule has 0 radical (unpaired) electrons. The molecule has 0 atom stereocenters. The first kappa shape index (κ1) is 12.2. The number of hydrogen-bond donors (Lipinski definition) is 1. The zero-order valence-corrected chi connectivity index (χ0v) is 10.5. The van der Waals surface area contributed by atoms with Crippen molar-refractivity contribution in [1.29, 1.82) is 0 Å². The van der Waals surface area contributed by atoms with Gasteiger partial charge in [0, 0.05) is 11.6 Å². The lowest BCUT2D eigenvalue weighted by Gasteiger charge is -2.10. The number of rotatable bonds is 4. The van der Waals surface area contributed by atoms with Crippen LogP contribution >= 0.6 is 11.6 Å². The number of ether oxygens (including phenoxy) is 1. The third-order valence-electron chi connectivity index (χ3n) is 2.81. The van der Waals surface area contributed by atoms with Crippen LogP contribution in [0.3, 0.4) is 0 Å². The third kappa shape index (κ3) is 2.71. The maximum Gasteiger partial charge on any atom is 0.122 e. The highest BCUT2D eigenvalue weighted by molar-refractivity contribution is 6.31. The SMILES string of the molecule is COc1cc2ccc(Cl)cc2cc1CCCO. The molecule has 0 unspecified atom stereocenters. The van der Waals surface area contributed by atoms with Crippen molar-refractivity contribution in [3.05, 3.63) is 40.9 Å². The summed E-state index contributed by atoms with van der Waals surface area (Å²) in [5.41, 5.74) is 1.11. The van der Waals surface area contributed by atoms with Crippen molar-refractivity contribution < 1.29 is 9.84 Å². The van der Waals surface area contributed by atoms with Crippen LogP contribution in [-0.2, 0) is 6.42 Å². The molecule has 0 aliphatic carbocycles. The topological polar surface area (TPSA) is 29.5 Å². The van der Waals surface area contributed by atoms with E-state index in [-0.39, 0.29) is 6.61 Å². The van der Waals surface area contributed by atoms with Gasteiger partial charge in [0.05, 0.1) is 7.11 Å². The molecule has 0 spiro atoms. The standard InChI is InChI=1S/C14H15ClO2/c1-17-14-9-10-4-5-13(15)8-12(10)7-11(14)3-2-6-16/h4-5,7-9,16H,2-3,6H2,1H3. The van der Waals surface area contributed by atoms with Gasteiger partial charge in [0.25, 0.3) is 0 Å². The van der Waals surface area contributed by atoms with E-state index in [0.717, 1.165) is 39.9 Å². The summed E-state index contributed by atoms with van der Waals surface area (Å²) in [6, 6.07) is 9.89. The molecule has 0 fully saturated rings. The Morgan fingerprint density at radius 1 is 1.18 bits per heavy atom. The summed E-state index contributed by atoms with van der Waals surface area (Å²) in [4.78, 5) is 0. The van der Waals surface area contributed by atoms with E-state index >= 15 is 0 Å². The normalized spacial score (nSPS) is 10.8. The number of aliphatic hydroxyl groups excluding tert-OH is 1. The Kier molecular flexibility index (Phi) is 3.87. The van der Waals surface area contributed by atoms with Gasteiger partial charge in [0.1, 0.15) is 5.75 Å². The molecule has 2 aromatic rings. The zero-order chi connectivity index (χ0) is 12.3. The van der Waals surface area contributed by atoms with Crippen molar-refractivity contribution in [3.8, 4) is 5.75 Å². The first-order chi connectivity index (χ1) is 8.24. The molecule has 0 aromatic heterocycles. The highest BCUT2D eigenvalue weighted by Gasteiger charge is 2.05. The van der Waals surface area contributed by atoms with E-state index in [9.17, 15) is 0 Å². The molecule has 17 heavy (non-hydrogen) atoms. The molecule has 1 N–H and O–H groups in total. The summed E-state index contributed by atoms with van der Waals surface area (Å²) in [5, 5.41) is 11.8. The van der Waals surface area contributed by atoms with Crippen molar-refractivity contribution in [3.63, 3.8) is 0 Å². The molecule has 0 aliphatic heterocycles. The average Bonchev–Trinajstić information content (AvgIpc) is 2.35. The van der Waals surface area contributed by atoms with E-state index in [1.807, 2.05) is 24.3 Å². The summed E-state index contributed by atoms with van der Waals surface area (Å²) in [6.07, 6.45) is 1.55. The van der Waals surface area contributed by atoms with Gasteiger partial charge in [-0.1, -0.05) is 17.7 Å². The van der Waals surface area contributed by atoms with Crippen LogP contribution in [-0.4, -0.2) is 18.8 Å². The Morgan fingerprint density at radius 3 is 2.71 bits per heavy atom. The monoisotopic (exact) mass is 250 g/mol. The van der Waals surface area contributed by atoms with Crippen LogP contribution < -0.4 is 4.74 Å². The number of halogens is 1. The summed E-state index contributed by atoms with van der Waals surface area (Å²) in [6.45, 7) is 0.191. The Morgan fingerprint density at radius 2 is 2.00 bits per heavy atom. The highest BCUT2D eigenvalue weighted by atomic mass is 35.5. The van der Waals surface area contributed by atoms with Gasteiger partial charge in [-0.05, 0) is 53.4 Å². The summed E-state index contributed by atoms with van der Waals surface area (Å²) in [5.74, 6) is 0.869. The van der Waals surface area contributed by atoms with Crippen molar-refractivity contribution in [1.82, 2.24) is 0 Å². The van der Waals surface area contributed by atoms with Crippen molar-refractivity contribution >= 4 is 22.4 Å². The van der Waals surface area contributed by atoms with Crippen LogP contribution in [0, 0.1) is 0 Å². The van der Waals surface area contributed by atoms with E-state index in [1.54, 1.807) is 7.11 Å². The van der Waals surface area contributed by atoms with Gasteiger partial charge in [0.2, 0.25) is 0 Å².